The van der Waals surface area contributed by atoms with Crippen LogP contribution in [0.4, 0.5) is 5.69 Å². The maximum Gasteiger partial charge on any atom is 0.164 e. The van der Waals surface area contributed by atoms with Gasteiger partial charge in [0.25, 0.3) is 0 Å². The van der Waals surface area contributed by atoms with Crippen LogP contribution in [0.25, 0.3) is 11.3 Å². The second-order valence-electron chi connectivity index (χ2n) is 9.10. The Morgan fingerprint density at radius 2 is 1.71 bits per heavy atom. The number of piperazine rings is 1. The maximum absolute atomic E-state index is 13.0. The van der Waals surface area contributed by atoms with Gasteiger partial charge in [-0.2, -0.15) is 0 Å². The normalized spacial score (nSPS) is 14.4. The van der Waals surface area contributed by atoms with Gasteiger partial charge in [0.05, 0.1) is 22.8 Å². The number of Topliss-reactive ketones (excluding diaryl/α,β-unsaturated/α-hetero) is 1. The third kappa shape index (κ3) is 5.85. The number of ketones is 1. The Balaban J connectivity index is 1.25. The maximum atomic E-state index is 13.0. The molecule has 0 unspecified atom stereocenters. The molecule has 0 bridgehead atoms. The molecule has 5 nitrogen and oxygen atoms in total. The summed E-state index contributed by atoms with van der Waals surface area (Å²) in [6.07, 6.45) is 2.48. The molecule has 2 aromatic carbocycles. The molecule has 1 aromatic heterocycles. The molecule has 0 saturated carbocycles. The Bertz CT molecular complexity index is 1170. The van der Waals surface area contributed by atoms with Crippen LogP contribution in [0.3, 0.4) is 0 Å². The molecule has 7 heteroatoms. The van der Waals surface area contributed by atoms with E-state index >= 15 is 0 Å². The number of carbonyl (C=O) groups excluding carboxylic acids is 1. The van der Waals surface area contributed by atoms with Crippen molar-refractivity contribution in [3.05, 3.63) is 69.8 Å². The lowest BCUT2D eigenvalue weighted by atomic mass is 10.0. The standard InChI is InChI=1S/C28H33Cl2N3O2/c1-20-23(19-26(31(20)2)21-10-12-22(35-3)13-11-21)27(34)9-4-5-14-32-15-17-33(18-16-32)25-8-6-7-24(29)28(25)30/h6-8,10-13,19H,4-5,9,14-18H2,1-3H3. The molecule has 3 aromatic rings. The minimum Gasteiger partial charge on any atom is -0.497 e. The monoisotopic (exact) mass is 513 g/mol. The number of hydrogen-bond acceptors (Lipinski definition) is 4. The van der Waals surface area contributed by atoms with Gasteiger partial charge in [0, 0.05) is 56.6 Å². The van der Waals surface area contributed by atoms with Crippen LogP contribution < -0.4 is 9.64 Å². The van der Waals surface area contributed by atoms with E-state index in [-0.39, 0.29) is 5.78 Å². The first kappa shape index (κ1) is 25.6. The van der Waals surface area contributed by atoms with Crippen molar-refractivity contribution < 1.29 is 9.53 Å². The van der Waals surface area contributed by atoms with Gasteiger partial charge in [-0.15, -0.1) is 0 Å². The molecule has 0 radical (unpaired) electrons. The second-order valence-corrected chi connectivity index (χ2v) is 9.88. The molecule has 1 saturated heterocycles. The van der Waals surface area contributed by atoms with Gasteiger partial charge in [-0.3, -0.25) is 9.69 Å². The summed E-state index contributed by atoms with van der Waals surface area (Å²) in [6, 6.07) is 15.8. The molecule has 1 aliphatic heterocycles. The van der Waals surface area contributed by atoms with Crippen LogP contribution in [0.5, 0.6) is 5.75 Å². The molecule has 1 fully saturated rings. The zero-order valence-electron chi connectivity index (χ0n) is 20.7. The quantitative estimate of drug-likeness (QED) is 0.242. The summed E-state index contributed by atoms with van der Waals surface area (Å²) in [5.41, 5.74) is 4.97. The lowest BCUT2D eigenvalue weighted by molar-refractivity contribution is 0.0977. The fourth-order valence-electron chi connectivity index (χ4n) is 4.73. The van der Waals surface area contributed by atoms with Gasteiger partial charge >= 0.3 is 0 Å². The van der Waals surface area contributed by atoms with Crippen LogP contribution in [0.2, 0.25) is 10.0 Å². The smallest absolute Gasteiger partial charge is 0.164 e. The van der Waals surface area contributed by atoms with Crippen molar-refractivity contribution in [3.63, 3.8) is 0 Å². The summed E-state index contributed by atoms with van der Waals surface area (Å²) >= 11 is 12.6. The van der Waals surface area contributed by atoms with Crippen molar-refractivity contribution in [2.45, 2.75) is 26.2 Å². The van der Waals surface area contributed by atoms with Crippen LogP contribution in [0.1, 0.15) is 35.3 Å². The fourth-order valence-corrected chi connectivity index (χ4v) is 5.14. The summed E-state index contributed by atoms with van der Waals surface area (Å²) < 4.78 is 7.36. The van der Waals surface area contributed by atoms with E-state index in [0.29, 0.717) is 16.5 Å². The lowest BCUT2D eigenvalue weighted by Gasteiger charge is -2.36. The van der Waals surface area contributed by atoms with Gasteiger partial charge in [0.2, 0.25) is 0 Å². The zero-order valence-corrected chi connectivity index (χ0v) is 22.2. The Morgan fingerprint density at radius 1 is 1.00 bits per heavy atom. The molecule has 2 heterocycles. The van der Waals surface area contributed by atoms with E-state index in [1.165, 1.54) is 0 Å². The Morgan fingerprint density at radius 3 is 2.40 bits per heavy atom. The Labute approximate surface area is 218 Å². The number of anilines is 1. The summed E-state index contributed by atoms with van der Waals surface area (Å²) in [4.78, 5) is 17.8. The van der Waals surface area contributed by atoms with Crippen LogP contribution in [0, 0.1) is 6.92 Å². The van der Waals surface area contributed by atoms with E-state index in [1.54, 1.807) is 7.11 Å². The summed E-state index contributed by atoms with van der Waals surface area (Å²) in [6.45, 7) is 6.85. The van der Waals surface area contributed by atoms with Crippen molar-refractivity contribution in [3.8, 4) is 17.0 Å². The SMILES string of the molecule is COc1ccc(-c2cc(C(=O)CCCCN3CCN(c4cccc(Cl)c4Cl)CC3)c(C)n2C)cc1. The molecule has 35 heavy (non-hydrogen) atoms. The highest BCUT2D eigenvalue weighted by Gasteiger charge is 2.20. The fraction of sp³-hybridized carbons (Fsp3) is 0.393. The number of hydrogen-bond donors (Lipinski definition) is 0. The molecule has 0 amide bonds. The summed E-state index contributed by atoms with van der Waals surface area (Å²) in [5, 5.41) is 1.23. The van der Waals surface area contributed by atoms with Crippen molar-refractivity contribution >= 4 is 34.7 Å². The topological polar surface area (TPSA) is 37.7 Å². The molecule has 186 valence electrons. The van der Waals surface area contributed by atoms with Gasteiger partial charge in [-0.05, 0) is 74.3 Å². The van der Waals surface area contributed by atoms with Crippen molar-refractivity contribution in [1.29, 1.82) is 0 Å². The van der Waals surface area contributed by atoms with Crippen molar-refractivity contribution in [2.75, 3.05) is 44.7 Å². The zero-order chi connectivity index (χ0) is 24.9. The highest BCUT2D eigenvalue weighted by Crippen LogP contribution is 2.33. The van der Waals surface area contributed by atoms with Gasteiger partial charge in [0.15, 0.2) is 5.78 Å². The van der Waals surface area contributed by atoms with Gasteiger partial charge in [-0.25, -0.2) is 0 Å². The summed E-state index contributed by atoms with van der Waals surface area (Å²) in [5.74, 6) is 1.05. The van der Waals surface area contributed by atoms with E-state index in [2.05, 4.69) is 14.4 Å². The largest absolute Gasteiger partial charge is 0.497 e. The molecule has 0 spiro atoms. The van der Waals surface area contributed by atoms with Gasteiger partial charge < -0.3 is 14.2 Å². The Kier molecular flexibility index (Phi) is 8.42. The first-order valence-corrected chi connectivity index (χ1v) is 12.9. The molecule has 0 atom stereocenters. The molecule has 0 N–H and O–H groups in total. The first-order valence-electron chi connectivity index (χ1n) is 12.1. The molecule has 0 aliphatic carbocycles. The number of unbranched alkanes of at least 4 members (excludes halogenated alkanes) is 1. The average molecular weight is 514 g/mol. The van der Waals surface area contributed by atoms with Crippen LogP contribution >= 0.6 is 23.2 Å². The molecular formula is C28H33Cl2N3O2. The minimum absolute atomic E-state index is 0.221. The van der Waals surface area contributed by atoms with Crippen molar-refractivity contribution in [2.24, 2.45) is 7.05 Å². The highest BCUT2D eigenvalue weighted by molar-refractivity contribution is 6.43. The number of halogens is 2. The molecular weight excluding hydrogens is 481 g/mol. The van der Waals surface area contributed by atoms with Crippen LogP contribution in [0.15, 0.2) is 48.5 Å². The number of rotatable bonds is 9. The van der Waals surface area contributed by atoms with E-state index in [1.807, 2.05) is 62.5 Å². The highest BCUT2D eigenvalue weighted by atomic mass is 35.5. The van der Waals surface area contributed by atoms with Crippen LogP contribution in [-0.4, -0.2) is 55.1 Å². The number of carbonyl (C=O) groups is 1. The first-order chi connectivity index (χ1) is 16.9. The third-order valence-corrected chi connectivity index (χ3v) is 7.80. The Hall–Kier alpha value is -2.47. The molecule has 4 rings (SSSR count). The number of nitrogens with zero attached hydrogens (tertiary/aromatic N) is 3. The lowest BCUT2D eigenvalue weighted by Crippen LogP contribution is -2.46. The average Bonchev–Trinajstić information content (AvgIpc) is 3.18. The summed E-state index contributed by atoms with van der Waals surface area (Å²) in [7, 11) is 3.68. The third-order valence-electron chi connectivity index (χ3n) is 6.99. The molecule has 1 aliphatic rings. The number of methoxy groups -OCH3 is 1. The predicted molar refractivity (Wildman–Crippen MR) is 145 cm³/mol. The number of aromatic nitrogens is 1. The van der Waals surface area contributed by atoms with Crippen LogP contribution in [-0.2, 0) is 7.05 Å². The number of ether oxygens (including phenoxy) is 1. The van der Waals surface area contributed by atoms with E-state index < -0.39 is 0 Å². The van der Waals surface area contributed by atoms with Gasteiger partial charge in [-0.1, -0.05) is 29.3 Å². The minimum atomic E-state index is 0.221. The van der Waals surface area contributed by atoms with E-state index in [9.17, 15) is 4.79 Å². The van der Waals surface area contributed by atoms with E-state index in [4.69, 9.17) is 27.9 Å². The van der Waals surface area contributed by atoms with Crippen molar-refractivity contribution in [1.82, 2.24) is 9.47 Å². The number of benzene rings is 2. The predicted octanol–water partition coefficient (Wildman–Crippen LogP) is 6.49. The van der Waals surface area contributed by atoms with E-state index in [0.717, 1.165) is 79.5 Å². The second kappa shape index (κ2) is 11.5. The van der Waals surface area contributed by atoms with Gasteiger partial charge in [0.1, 0.15) is 5.75 Å².